The molecule has 0 fully saturated rings. The zero-order valence-electron chi connectivity index (χ0n) is 12.0. The van der Waals surface area contributed by atoms with Crippen LogP contribution in [0.25, 0.3) is 0 Å². The molecule has 0 amide bonds. The molecule has 0 heterocycles. The number of carboxylic acid groups (broad SMARTS) is 1. The van der Waals surface area contributed by atoms with Crippen molar-refractivity contribution in [2.75, 3.05) is 0 Å². The van der Waals surface area contributed by atoms with E-state index in [-0.39, 0.29) is 71.6 Å². The smallest absolute Gasteiger partial charge is 0.550 e. The quantitative estimate of drug-likeness (QED) is 0.267. The summed E-state index contributed by atoms with van der Waals surface area (Å²) in [5.41, 5.74) is 5.62. The summed E-state index contributed by atoms with van der Waals surface area (Å²) in [7, 11) is -3.78. The maximum atomic E-state index is 11.0. The van der Waals surface area contributed by atoms with Gasteiger partial charge in [0.2, 0.25) is 0 Å². The second kappa shape index (κ2) is 13.3. The Morgan fingerprint density at radius 1 is 1.47 bits per heavy atom. The van der Waals surface area contributed by atoms with E-state index in [1.807, 2.05) is 0 Å². The van der Waals surface area contributed by atoms with Crippen molar-refractivity contribution in [2.24, 2.45) is 5.73 Å². The molecule has 3 N–H and O–H groups in total. The molecule has 6 nitrogen and oxygen atoms in total. The third-order valence-electron chi connectivity index (χ3n) is 2.26. The van der Waals surface area contributed by atoms with Gasteiger partial charge in [0.05, 0.1) is 12.8 Å². The van der Waals surface area contributed by atoms with Crippen LogP contribution in [0.5, 0.6) is 0 Å². The van der Waals surface area contributed by atoms with Gasteiger partial charge in [-0.2, -0.15) is 0 Å². The molecular formula is C10H20NNa2O5P. The molecular weight excluding hydrogens is 291 g/mol. The Balaban J connectivity index is -0.00000128. The number of rotatable bonds is 9. The van der Waals surface area contributed by atoms with Gasteiger partial charge in [0.1, 0.15) is 0 Å². The molecule has 0 aromatic heterocycles. The summed E-state index contributed by atoms with van der Waals surface area (Å²) in [6.45, 7) is 4.69. The molecule has 0 rings (SSSR count). The van der Waals surface area contributed by atoms with Crippen LogP contribution in [0, 0.1) is 6.66 Å². The number of aliphatic carboxylic acids is 1. The fourth-order valence-electron chi connectivity index (χ4n) is 1.41. The van der Waals surface area contributed by atoms with Gasteiger partial charge in [0.15, 0.2) is 0 Å². The van der Waals surface area contributed by atoms with Crippen molar-refractivity contribution in [1.29, 1.82) is 0 Å². The minimum Gasteiger partial charge on any atom is -0.550 e. The first-order chi connectivity index (χ1) is 7.72. The van der Waals surface area contributed by atoms with Crippen LogP contribution in [0.15, 0.2) is 0 Å². The van der Waals surface area contributed by atoms with Crippen molar-refractivity contribution in [3.8, 4) is 0 Å². The molecule has 0 aliphatic rings. The van der Waals surface area contributed by atoms with E-state index in [4.69, 9.17) is 15.2 Å². The van der Waals surface area contributed by atoms with Crippen LogP contribution in [0.4, 0.5) is 0 Å². The van der Waals surface area contributed by atoms with Crippen LogP contribution in [-0.4, -0.2) is 52.6 Å². The number of carboxylic acids is 1. The maximum absolute atomic E-state index is 11.0. The van der Waals surface area contributed by atoms with Crippen molar-refractivity contribution in [3.05, 3.63) is 6.66 Å². The van der Waals surface area contributed by atoms with Gasteiger partial charge in [0.25, 0.3) is 0 Å². The number of hydrogen-bond donors (Lipinski definition) is 2. The molecule has 0 bridgehead atoms. The van der Waals surface area contributed by atoms with Gasteiger partial charge in [-0.3, -0.25) is 4.57 Å². The van der Waals surface area contributed by atoms with E-state index in [9.17, 15) is 14.5 Å². The Labute approximate surface area is 159 Å². The van der Waals surface area contributed by atoms with Crippen molar-refractivity contribution in [2.45, 2.75) is 51.2 Å². The van der Waals surface area contributed by atoms with E-state index < -0.39 is 19.7 Å². The van der Waals surface area contributed by atoms with Gasteiger partial charge < -0.3 is 25.1 Å². The van der Waals surface area contributed by atoms with Crippen LogP contribution in [-0.2, 0) is 13.9 Å². The van der Waals surface area contributed by atoms with Crippen LogP contribution in [0.3, 0.4) is 0 Å². The third kappa shape index (κ3) is 17.5. The average Bonchev–Trinajstić information content (AvgIpc) is 2.12. The Morgan fingerprint density at radius 3 is 2.37 bits per heavy atom. The first-order valence-electron chi connectivity index (χ1n) is 5.53. The molecule has 0 aliphatic carbocycles. The fraction of sp³-hybridized carbons (Fsp3) is 0.800. The van der Waals surface area contributed by atoms with E-state index in [0.717, 1.165) is 0 Å². The summed E-state index contributed by atoms with van der Waals surface area (Å²) in [6.07, 6.45) is 1.89. The van der Waals surface area contributed by atoms with Crippen molar-refractivity contribution < 1.29 is 53.4 Å². The van der Waals surface area contributed by atoms with Gasteiger partial charge in [0, 0.05) is 41.6 Å². The largest absolute Gasteiger partial charge is 1.00 e. The van der Waals surface area contributed by atoms with Crippen LogP contribution in [0.2, 0.25) is 0 Å². The van der Waals surface area contributed by atoms with Gasteiger partial charge in [-0.15, -0.1) is 0 Å². The van der Waals surface area contributed by atoms with Gasteiger partial charge >= 0.3 is 37.2 Å². The number of hydrogen-bond acceptors (Lipinski definition) is 5. The molecule has 102 valence electrons. The fourth-order valence-corrected chi connectivity index (χ4v) is 2.14. The molecule has 0 saturated carbocycles. The molecule has 2 radical (unpaired) electrons. The topological polar surface area (TPSA) is 113 Å². The van der Waals surface area contributed by atoms with Crippen LogP contribution >= 0.6 is 7.60 Å². The first kappa shape index (κ1) is 25.5. The molecule has 0 spiro atoms. The van der Waals surface area contributed by atoms with E-state index >= 15 is 0 Å². The van der Waals surface area contributed by atoms with Gasteiger partial charge in [-0.1, -0.05) is 12.8 Å². The Kier molecular flexibility index (Phi) is 17.8. The first-order valence-corrected chi connectivity index (χ1v) is 7.29. The summed E-state index contributed by atoms with van der Waals surface area (Å²) in [6, 6.07) is -0.377. The predicted molar refractivity (Wildman–Crippen MR) is 67.6 cm³/mol. The van der Waals surface area contributed by atoms with E-state index in [2.05, 4.69) is 6.66 Å². The zero-order chi connectivity index (χ0) is 13.5. The van der Waals surface area contributed by atoms with E-state index in [1.165, 1.54) is 0 Å². The average molecular weight is 311 g/mol. The summed E-state index contributed by atoms with van der Waals surface area (Å²) in [4.78, 5) is 19.2. The van der Waals surface area contributed by atoms with E-state index in [1.54, 1.807) is 6.92 Å². The molecule has 0 aromatic rings. The molecule has 0 aliphatic heterocycles. The minimum absolute atomic E-state index is 0. The van der Waals surface area contributed by atoms with Gasteiger partial charge in [-0.05, 0) is 26.2 Å². The van der Waals surface area contributed by atoms with Crippen LogP contribution in [0.1, 0.15) is 39.0 Å². The Bertz CT molecular complexity index is 285. The monoisotopic (exact) mass is 311 g/mol. The second-order valence-electron chi connectivity index (χ2n) is 4.11. The molecule has 3 unspecified atom stereocenters. The van der Waals surface area contributed by atoms with Crippen molar-refractivity contribution in [3.63, 3.8) is 0 Å². The molecule has 0 saturated heterocycles. The molecule has 19 heavy (non-hydrogen) atoms. The van der Waals surface area contributed by atoms with E-state index in [0.29, 0.717) is 25.7 Å². The molecule has 0 aromatic carbocycles. The predicted octanol–water partition coefficient (Wildman–Crippen LogP) is -2.98. The summed E-state index contributed by atoms with van der Waals surface area (Å²) in [5, 5.41) is 10.2. The Hall–Kier alpha value is 1.58. The number of nitrogens with two attached hydrogens (primary N) is 1. The minimum atomic E-state index is -3.78. The summed E-state index contributed by atoms with van der Waals surface area (Å²) < 4.78 is 15.9. The number of unbranched alkanes of at least 4 members (excludes halogenated alkanes) is 2. The standard InChI is InChI=1S/C10H21NO5P.2Na/c1-8(11)9(16-17(2,14)15)6-4-3-5-7-10(12)13;;/h8-9H,2-7,11H2,1H3,(H,12,13)(H,14,15);;/q;;+1/p-1. The van der Waals surface area contributed by atoms with Crippen molar-refractivity contribution in [1.82, 2.24) is 0 Å². The third-order valence-corrected chi connectivity index (χ3v) is 2.86. The normalized spacial score (nSPS) is 16.4. The van der Waals surface area contributed by atoms with Crippen molar-refractivity contribution >= 4 is 43.1 Å². The summed E-state index contributed by atoms with van der Waals surface area (Å²) in [5.74, 6) is -1.07. The van der Waals surface area contributed by atoms with Gasteiger partial charge in [-0.25, -0.2) is 0 Å². The van der Waals surface area contributed by atoms with Crippen LogP contribution < -0.4 is 40.4 Å². The SMILES string of the molecule is [CH2]P(=O)(O)OC(CCCCCC(=O)[O-])C(C)N.[Na+].[Na]. The Morgan fingerprint density at radius 2 is 2.00 bits per heavy atom. The summed E-state index contributed by atoms with van der Waals surface area (Å²) >= 11 is 0. The second-order valence-corrected chi connectivity index (χ2v) is 5.60. The number of carbonyl (C=O) groups excluding carboxylic acids is 1. The number of carbonyl (C=O) groups is 1. The molecule has 3 atom stereocenters. The maximum Gasteiger partial charge on any atom is 1.00 e. The zero-order valence-corrected chi connectivity index (χ0v) is 16.9. The molecule has 9 heteroatoms.